The van der Waals surface area contributed by atoms with E-state index in [1.54, 1.807) is 6.92 Å². The fourth-order valence-electron chi connectivity index (χ4n) is 3.40. The van der Waals surface area contributed by atoms with E-state index in [2.05, 4.69) is 5.32 Å². The first-order valence-corrected chi connectivity index (χ1v) is 7.89. The summed E-state index contributed by atoms with van der Waals surface area (Å²) in [5, 5.41) is 22.2. The van der Waals surface area contributed by atoms with E-state index in [0.717, 1.165) is 6.42 Å². The first kappa shape index (κ1) is 18.0. The molecule has 1 fully saturated rings. The molecule has 2 unspecified atom stereocenters. The van der Waals surface area contributed by atoms with Gasteiger partial charge in [0.25, 0.3) is 0 Å². The van der Waals surface area contributed by atoms with E-state index in [-0.39, 0.29) is 12.5 Å². The number of hydrogen-bond donors (Lipinski definition) is 3. The van der Waals surface area contributed by atoms with E-state index in [9.17, 15) is 19.8 Å². The van der Waals surface area contributed by atoms with E-state index in [0.29, 0.717) is 31.1 Å². The minimum Gasteiger partial charge on any atom is -0.481 e. The van der Waals surface area contributed by atoms with Crippen molar-refractivity contribution in [3.05, 3.63) is 0 Å². The Kier molecular flexibility index (Phi) is 6.20. The molecule has 4 atom stereocenters. The second-order valence-electron chi connectivity index (χ2n) is 7.11. The molecule has 0 heterocycles. The van der Waals surface area contributed by atoms with Crippen molar-refractivity contribution in [1.82, 2.24) is 5.32 Å². The van der Waals surface area contributed by atoms with Crippen molar-refractivity contribution in [1.29, 1.82) is 0 Å². The van der Waals surface area contributed by atoms with Crippen LogP contribution in [0.5, 0.6) is 0 Å². The molecule has 3 N–H and O–H groups in total. The molecule has 0 aromatic rings. The number of carboxylic acids is 1. The van der Waals surface area contributed by atoms with Crippen LogP contribution in [-0.2, 0) is 9.59 Å². The zero-order valence-corrected chi connectivity index (χ0v) is 13.6. The topological polar surface area (TPSA) is 86.6 Å². The highest BCUT2D eigenvalue weighted by atomic mass is 16.4. The molecule has 21 heavy (non-hydrogen) atoms. The monoisotopic (exact) mass is 299 g/mol. The van der Waals surface area contributed by atoms with E-state index in [1.165, 1.54) is 0 Å². The number of aliphatic hydroxyl groups is 1. The van der Waals surface area contributed by atoms with Gasteiger partial charge in [-0.3, -0.25) is 9.59 Å². The number of rotatable bonds is 7. The van der Waals surface area contributed by atoms with E-state index in [4.69, 9.17) is 0 Å². The maximum Gasteiger partial charge on any atom is 0.307 e. The number of carbonyl (C=O) groups is 2. The molecular formula is C16H29NO4. The quantitative estimate of drug-likeness (QED) is 0.671. The number of nitrogens with one attached hydrogen (secondary N) is 1. The lowest BCUT2D eigenvalue weighted by Crippen LogP contribution is -2.44. The summed E-state index contributed by atoms with van der Waals surface area (Å²) >= 11 is 0. The third-order valence-electron chi connectivity index (χ3n) is 4.38. The van der Waals surface area contributed by atoms with Gasteiger partial charge in [0.05, 0.1) is 17.4 Å². The van der Waals surface area contributed by atoms with Crippen LogP contribution in [0.2, 0.25) is 0 Å². The summed E-state index contributed by atoms with van der Waals surface area (Å²) in [5.41, 5.74) is -0.953. The summed E-state index contributed by atoms with van der Waals surface area (Å²) in [6, 6.07) is 0. The Morgan fingerprint density at radius 1 is 1.29 bits per heavy atom. The van der Waals surface area contributed by atoms with Crippen LogP contribution >= 0.6 is 0 Å². The Hall–Kier alpha value is -1.10. The molecule has 1 saturated carbocycles. The third kappa shape index (κ3) is 5.30. The van der Waals surface area contributed by atoms with Crippen LogP contribution in [-0.4, -0.2) is 34.2 Å². The Balaban J connectivity index is 2.59. The first-order valence-electron chi connectivity index (χ1n) is 7.89. The maximum atomic E-state index is 12.3. The van der Waals surface area contributed by atoms with Crippen molar-refractivity contribution in [2.75, 3.05) is 6.54 Å². The van der Waals surface area contributed by atoms with Crippen LogP contribution in [0.25, 0.3) is 0 Å². The van der Waals surface area contributed by atoms with Crippen molar-refractivity contribution < 1.29 is 19.8 Å². The van der Waals surface area contributed by atoms with Gasteiger partial charge in [-0.05, 0) is 38.0 Å². The van der Waals surface area contributed by atoms with Crippen LogP contribution in [0.4, 0.5) is 0 Å². The van der Waals surface area contributed by atoms with Crippen molar-refractivity contribution in [3.8, 4) is 0 Å². The molecular weight excluding hydrogens is 270 g/mol. The summed E-state index contributed by atoms with van der Waals surface area (Å²) in [7, 11) is 0. The fraction of sp³-hybridized carbons (Fsp3) is 0.875. The van der Waals surface area contributed by atoms with Crippen LogP contribution < -0.4 is 5.32 Å². The van der Waals surface area contributed by atoms with Crippen molar-refractivity contribution in [2.24, 2.45) is 23.7 Å². The molecule has 0 radical (unpaired) electrons. The average Bonchev–Trinajstić information content (AvgIpc) is 2.79. The summed E-state index contributed by atoms with van der Waals surface area (Å²) in [6.45, 7) is 7.92. The first-order chi connectivity index (χ1) is 9.66. The molecule has 0 aromatic heterocycles. The molecule has 5 nitrogen and oxygen atoms in total. The molecule has 5 heteroatoms. The molecule has 0 bridgehead atoms. The summed E-state index contributed by atoms with van der Waals surface area (Å²) < 4.78 is 0. The van der Waals surface area contributed by atoms with Gasteiger partial charge in [-0.25, -0.2) is 0 Å². The molecule has 1 aliphatic carbocycles. The summed E-state index contributed by atoms with van der Waals surface area (Å²) in [5.74, 6) is -1.55. The lowest BCUT2D eigenvalue weighted by molar-refractivity contribution is -0.146. The number of aliphatic carboxylic acids is 1. The van der Waals surface area contributed by atoms with Crippen molar-refractivity contribution >= 4 is 11.9 Å². The van der Waals surface area contributed by atoms with Crippen LogP contribution in [0.15, 0.2) is 0 Å². The molecule has 0 saturated heterocycles. The number of carboxylic acid groups (broad SMARTS) is 1. The third-order valence-corrected chi connectivity index (χ3v) is 4.38. The molecule has 0 spiro atoms. The molecule has 0 aromatic carbocycles. The summed E-state index contributed by atoms with van der Waals surface area (Å²) in [4.78, 5) is 23.6. The Morgan fingerprint density at radius 3 is 2.33 bits per heavy atom. The Bertz CT molecular complexity index is 378. The maximum absolute atomic E-state index is 12.3. The SMILES string of the molecule is CCC1C[C@H](C(=O)NCC(C)(O)CC(C)C)[C@H](C(=O)O)C1. The highest BCUT2D eigenvalue weighted by Crippen LogP contribution is 2.38. The van der Waals surface area contributed by atoms with Gasteiger partial charge in [-0.1, -0.05) is 27.2 Å². The van der Waals surface area contributed by atoms with Crippen molar-refractivity contribution in [2.45, 2.75) is 59.0 Å². The van der Waals surface area contributed by atoms with E-state index in [1.807, 2.05) is 20.8 Å². The number of hydrogen-bond acceptors (Lipinski definition) is 3. The summed E-state index contributed by atoms with van der Waals surface area (Å²) in [6.07, 6.45) is 2.70. The van der Waals surface area contributed by atoms with Crippen LogP contribution in [0.1, 0.15) is 53.4 Å². The zero-order chi connectivity index (χ0) is 16.2. The van der Waals surface area contributed by atoms with Crippen LogP contribution in [0, 0.1) is 23.7 Å². The van der Waals surface area contributed by atoms with Gasteiger partial charge in [0, 0.05) is 6.54 Å². The molecule has 122 valence electrons. The smallest absolute Gasteiger partial charge is 0.307 e. The average molecular weight is 299 g/mol. The van der Waals surface area contributed by atoms with E-state index >= 15 is 0 Å². The second kappa shape index (κ2) is 7.25. The second-order valence-corrected chi connectivity index (χ2v) is 7.11. The van der Waals surface area contributed by atoms with Gasteiger partial charge in [-0.2, -0.15) is 0 Å². The number of carbonyl (C=O) groups excluding carboxylic acids is 1. The number of amides is 1. The highest BCUT2D eigenvalue weighted by Gasteiger charge is 2.42. The van der Waals surface area contributed by atoms with Gasteiger partial charge < -0.3 is 15.5 Å². The van der Waals surface area contributed by atoms with E-state index < -0.39 is 23.4 Å². The Morgan fingerprint density at radius 2 is 1.86 bits per heavy atom. The minimum atomic E-state index is -0.953. The molecule has 1 aliphatic rings. The molecule has 0 aliphatic heterocycles. The lowest BCUT2D eigenvalue weighted by atomic mass is 9.92. The van der Waals surface area contributed by atoms with Gasteiger partial charge in [0.1, 0.15) is 0 Å². The van der Waals surface area contributed by atoms with Crippen LogP contribution in [0.3, 0.4) is 0 Å². The lowest BCUT2D eigenvalue weighted by Gasteiger charge is -2.26. The normalized spacial score (nSPS) is 28.4. The molecule has 1 amide bonds. The molecule has 1 rings (SSSR count). The fourth-order valence-corrected chi connectivity index (χ4v) is 3.40. The highest BCUT2D eigenvalue weighted by molar-refractivity contribution is 5.85. The standard InChI is InChI=1S/C16H29NO4/c1-5-11-6-12(13(7-11)15(19)20)14(18)17-9-16(4,21)8-10(2)3/h10-13,21H,5-9H2,1-4H3,(H,17,18)(H,19,20)/t11?,12-,13+,16?/m0/s1. The Labute approximate surface area is 127 Å². The van der Waals surface area contributed by atoms with Gasteiger partial charge in [0.2, 0.25) is 5.91 Å². The zero-order valence-electron chi connectivity index (χ0n) is 13.6. The van der Waals surface area contributed by atoms with Gasteiger partial charge in [0.15, 0.2) is 0 Å². The largest absolute Gasteiger partial charge is 0.481 e. The predicted octanol–water partition coefficient (Wildman–Crippen LogP) is 2.04. The van der Waals surface area contributed by atoms with Gasteiger partial charge >= 0.3 is 5.97 Å². The minimum absolute atomic E-state index is 0.170. The predicted molar refractivity (Wildman–Crippen MR) is 80.7 cm³/mol. The van der Waals surface area contributed by atoms with Crippen molar-refractivity contribution in [3.63, 3.8) is 0 Å². The van der Waals surface area contributed by atoms with Gasteiger partial charge in [-0.15, -0.1) is 0 Å².